The lowest BCUT2D eigenvalue weighted by Gasteiger charge is -2.25. The fourth-order valence-corrected chi connectivity index (χ4v) is 2.02. The fraction of sp³-hybridized carbons (Fsp3) is 0.900. The van der Waals surface area contributed by atoms with Gasteiger partial charge in [0.25, 0.3) is 0 Å². The number of rotatable bonds is 2. The van der Waals surface area contributed by atoms with Crippen molar-refractivity contribution in [1.82, 2.24) is 0 Å². The van der Waals surface area contributed by atoms with Crippen LogP contribution < -0.4 is 0 Å². The second kappa shape index (κ2) is 3.45. The van der Waals surface area contributed by atoms with Gasteiger partial charge in [0.2, 0.25) is 0 Å². The third-order valence-corrected chi connectivity index (χ3v) is 3.20. The van der Waals surface area contributed by atoms with Gasteiger partial charge in [0.15, 0.2) is 0 Å². The number of nitrogens with zero attached hydrogens (tertiary/aromatic N) is 1. The van der Waals surface area contributed by atoms with Crippen molar-refractivity contribution in [2.24, 2.45) is 11.8 Å². The van der Waals surface area contributed by atoms with E-state index in [2.05, 4.69) is 13.0 Å². The normalized spacial score (nSPS) is 37.7. The maximum absolute atomic E-state index is 10.0. The minimum Gasteiger partial charge on any atom is -0.389 e. The lowest BCUT2D eigenvalue weighted by atomic mass is 9.87. The van der Waals surface area contributed by atoms with E-state index in [1.807, 2.05) is 6.92 Å². The van der Waals surface area contributed by atoms with E-state index in [1.54, 1.807) is 0 Å². The van der Waals surface area contributed by atoms with Gasteiger partial charge >= 0.3 is 0 Å². The second-order valence-corrected chi connectivity index (χ2v) is 3.97. The van der Waals surface area contributed by atoms with Crippen molar-refractivity contribution in [3.63, 3.8) is 0 Å². The van der Waals surface area contributed by atoms with Crippen LogP contribution in [0.1, 0.15) is 39.5 Å². The van der Waals surface area contributed by atoms with Crippen LogP contribution in [0.25, 0.3) is 0 Å². The molecule has 3 atom stereocenters. The molecule has 0 saturated heterocycles. The van der Waals surface area contributed by atoms with E-state index in [0.717, 1.165) is 25.7 Å². The van der Waals surface area contributed by atoms with E-state index in [-0.39, 0.29) is 5.92 Å². The SMILES string of the molecule is CCC1CCC(O)(C(C)C#N)C1. The highest BCUT2D eigenvalue weighted by molar-refractivity contribution is 5.00. The Morgan fingerprint density at radius 1 is 1.75 bits per heavy atom. The number of aliphatic hydroxyl groups is 1. The zero-order valence-corrected chi connectivity index (χ0v) is 7.88. The maximum Gasteiger partial charge on any atom is 0.0805 e. The van der Waals surface area contributed by atoms with Crippen LogP contribution in [0.3, 0.4) is 0 Å². The molecule has 1 fully saturated rings. The zero-order valence-electron chi connectivity index (χ0n) is 7.88. The summed E-state index contributed by atoms with van der Waals surface area (Å²) in [5, 5.41) is 18.7. The molecule has 1 N–H and O–H groups in total. The van der Waals surface area contributed by atoms with Crippen LogP contribution in [0.2, 0.25) is 0 Å². The van der Waals surface area contributed by atoms with Crippen LogP contribution in [0, 0.1) is 23.2 Å². The maximum atomic E-state index is 10.0. The molecule has 1 rings (SSSR count). The molecule has 3 unspecified atom stereocenters. The highest BCUT2D eigenvalue weighted by Crippen LogP contribution is 2.40. The van der Waals surface area contributed by atoms with Gasteiger partial charge in [0.1, 0.15) is 0 Å². The first kappa shape index (κ1) is 9.54. The van der Waals surface area contributed by atoms with Crippen molar-refractivity contribution < 1.29 is 5.11 Å². The average Bonchev–Trinajstić information content (AvgIpc) is 2.47. The molecule has 0 heterocycles. The second-order valence-electron chi connectivity index (χ2n) is 3.97. The molecule has 1 aliphatic rings. The summed E-state index contributed by atoms with van der Waals surface area (Å²) in [5.41, 5.74) is -0.685. The summed E-state index contributed by atoms with van der Waals surface area (Å²) in [6.45, 7) is 3.96. The quantitative estimate of drug-likeness (QED) is 0.684. The average molecular weight is 167 g/mol. The molecule has 0 amide bonds. The summed E-state index contributed by atoms with van der Waals surface area (Å²) in [4.78, 5) is 0. The van der Waals surface area contributed by atoms with Crippen LogP contribution in [0.15, 0.2) is 0 Å². The van der Waals surface area contributed by atoms with E-state index in [0.29, 0.717) is 5.92 Å². The van der Waals surface area contributed by atoms with Gasteiger partial charge in [0, 0.05) is 0 Å². The molecule has 0 spiro atoms. The zero-order chi connectivity index (χ0) is 9.19. The van der Waals surface area contributed by atoms with Gasteiger partial charge in [0.05, 0.1) is 17.6 Å². The summed E-state index contributed by atoms with van der Waals surface area (Å²) >= 11 is 0. The standard InChI is InChI=1S/C10H17NO/c1-3-9-4-5-10(12,6-9)8(2)7-11/h8-9,12H,3-6H2,1-2H3. The predicted octanol–water partition coefficient (Wildman–Crippen LogP) is 2.09. The van der Waals surface area contributed by atoms with Crippen LogP contribution in [0.4, 0.5) is 0 Å². The number of hydrogen-bond donors (Lipinski definition) is 1. The van der Waals surface area contributed by atoms with Crippen molar-refractivity contribution in [1.29, 1.82) is 5.26 Å². The Bertz CT molecular complexity index is 197. The van der Waals surface area contributed by atoms with Crippen LogP contribution in [-0.2, 0) is 0 Å². The van der Waals surface area contributed by atoms with E-state index < -0.39 is 5.60 Å². The molecule has 0 bridgehead atoms. The fourth-order valence-electron chi connectivity index (χ4n) is 2.02. The van der Waals surface area contributed by atoms with Gasteiger partial charge in [-0.25, -0.2) is 0 Å². The summed E-state index contributed by atoms with van der Waals surface area (Å²) in [6, 6.07) is 2.14. The minimum atomic E-state index is -0.685. The Balaban J connectivity index is 2.59. The van der Waals surface area contributed by atoms with Crippen LogP contribution in [0.5, 0.6) is 0 Å². The third-order valence-electron chi connectivity index (χ3n) is 3.20. The molecule has 0 aromatic heterocycles. The van der Waals surface area contributed by atoms with Crippen molar-refractivity contribution in [2.45, 2.75) is 45.1 Å². The van der Waals surface area contributed by atoms with Gasteiger partial charge in [-0.05, 0) is 32.1 Å². The Kier molecular flexibility index (Phi) is 2.74. The van der Waals surface area contributed by atoms with Crippen molar-refractivity contribution in [3.8, 4) is 6.07 Å². The first-order valence-corrected chi connectivity index (χ1v) is 4.74. The summed E-state index contributed by atoms with van der Waals surface area (Å²) in [5.74, 6) is 0.417. The first-order chi connectivity index (χ1) is 5.62. The molecule has 0 aliphatic heterocycles. The number of hydrogen-bond acceptors (Lipinski definition) is 2. The first-order valence-electron chi connectivity index (χ1n) is 4.74. The van der Waals surface area contributed by atoms with Gasteiger partial charge in [-0.2, -0.15) is 5.26 Å². The minimum absolute atomic E-state index is 0.214. The summed E-state index contributed by atoms with van der Waals surface area (Å²) in [7, 11) is 0. The monoisotopic (exact) mass is 167 g/mol. The van der Waals surface area contributed by atoms with Gasteiger partial charge < -0.3 is 5.11 Å². The molecule has 2 heteroatoms. The smallest absolute Gasteiger partial charge is 0.0805 e. The molecular weight excluding hydrogens is 150 g/mol. The Hall–Kier alpha value is -0.550. The van der Waals surface area contributed by atoms with Gasteiger partial charge in [-0.15, -0.1) is 0 Å². The number of nitriles is 1. The highest BCUT2D eigenvalue weighted by atomic mass is 16.3. The van der Waals surface area contributed by atoms with Crippen molar-refractivity contribution >= 4 is 0 Å². The van der Waals surface area contributed by atoms with E-state index in [9.17, 15) is 5.11 Å². The van der Waals surface area contributed by atoms with E-state index in [4.69, 9.17) is 5.26 Å². The van der Waals surface area contributed by atoms with Gasteiger partial charge in [-0.3, -0.25) is 0 Å². The topological polar surface area (TPSA) is 44.0 Å². The molecule has 1 saturated carbocycles. The molecule has 12 heavy (non-hydrogen) atoms. The van der Waals surface area contributed by atoms with E-state index in [1.165, 1.54) is 0 Å². The van der Waals surface area contributed by atoms with E-state index >= 15 is 0 Å². The Morgan fingerprint density at radius 3 is 2.83 bits per heavy atom. The Morgan fingerprint density at radius 2 is 2.42 bits per heavy atom. The van der Waals surface area contributed by atoms with Crippen LogP contribution in [-0.4, -0.2) is 10.7 Å². The lowest BCUT2D eigenvalue weighted by molar-refractivity contribution is 0.0114. The molecule has 1 aliphatic carbocycles. The molecule has 2 nitrogen and oxygen atoms in total. The van der Waals surface area contributed by atoms with Crippen molar-refractivity contribution in [3.05, 3.63) is 0 Å². The predicted molar refractivity (Wildman–Crippen MR) is 47.4 cm³/mol. The largest absolute Gasteiger partial charge is 0.389 e. The van der Waals surface area contributed by atoms with Crippen LogP contribution >= 0.6 is 0 Å². The molecule has 0 radical (unpaired) electrons. The molecule has 0 aromatic carbocycles. The third kappa shape index (κ3) is 1.61. The Labute approximate surface area is 74.2 Å². The van der Waals surface area contributed by atoms with Crippen molar-refractivity contribution in [2.75, 3.05) is 0 Å². The molecular formula is C10H17NO. The van der Waals surface area contributed by atoms with Gasteiger partial charge in [-0.1, -0.05) is 13.3 Å². The molecule has 68 valence electrons. The summed E-state index contributed by atoms with van der Waals surface area (Å²) in [6.07, 6.45) is 3.83. The summed E-state index contributed by atoms with van der Waals surface area (Å²) < 4.78 is 0. The lowest BCUT2D eigenvalue weighted by Crippen LogP contribution is -2.32. The highest BCUT2D eigenvalue weighted by Gasteiger charge is 2.40. The molecule has 0 aromatic rings.